The van der Waals surface area contributed by atoms with Crippen LogP contribution in [0.25, 0.3) is 0 Å². The quantitative estimate of drug-likeness (QED) is 0.429. The number of esters is 1. The van der Waals surface area contributed by atoms with Gasteiger partial charge in [0.1, 0.15) is 10.5 Å². The number of rotatable bonds is 9. The minimum Gasteiger partial charge on any atom is -0.468 e. The van der Waals surface area contributed by atoms with E-state index in [1.165, 1.54) is 7.11 Å². The molecule has 1 rings (SSSR count). The van der Waals surface area contributed by atoms with Crippen LogP contribution in [0.3, 0.4) is 0 Å². The molecule has 0 amide bonds. The molecule has 0 fully saturated rings. The van der Waals surface area contributed by atoms with Crippen LogP contribution in [-0.4, -0.2) is 41.1 Å². The number of carbonyl (C=O) groups is 1. The van der Waals surface area contributed by atoms with Gasteiger partial charge in [-0.1, -0.05) is 30.0 Å². The van der Waals surface area contributed by atoms with Crippen LogP contribution in [0.15, 0.2) is 4.34 Å². The first-order chi connectivity index (χ1) is 9.51. The number of ether oxygens (including phenoxy) is 1. The topological polar surface area (TPSA) is 64.1 Å². The second-order valence-corrected chi connectivity index (χ2v) is 7.31. The highest BCUT2D eigenvalue weighted by Gasteiger charge is 2.32. The molecule has 7 heteroatoms. The SMILES string of the molecule is CCCNC(C)(CCCSc1nnc(C)s1)C(=O)OC. The molecule has 0 aromatic carbocycles. The number of methoxy groups -OCH3 is 1. The Hall–Kier alpha value is -0.660. The summed E-state index contributed by atoms with van der Waals surface area (Å²) in [7, 11) is 1.44. The maximum atomic E-state index is 11.9. The highest BCUT2D eigenvalue weighted by atomic mass is 32.2. The van der Waals surface area contributed by atoms with Gasteiger partial charge in [-0.05, 0) is 39.7 Å². The van der Waals surface area contributed by atoms with Crippen LogP contribution < -0.4 is 5.32 Å². The summed E-state index contributed by atoms with van der Waals surface area (Å²) in [5.41, 5.74) is -0.595. The molecule has 0 bridgehead atoms. The maximum absolute atomic E-state index is 11.9. The molecular weight excluding hydrogens is 294 g/mol. The van der Waals surface area contributed by atoms with Crippen molar-refractivity contribution in [2.75, 3.05) is 19.4 Å². The van der Waals surface area contributed by atoms with Crippen LogP contribution in [0.1, 0.15) is 38.1 Å². The number of hydrogen-bond acceptors (Lipinski definition) is 7. The van der Waals surface area contributed by atoms with Gasteiger partial charge in [-0.15, -0.1) is 10.2 Å². The predicted molar refractivity (Wildman–Crippen MR) is 83.3 cm³/mol. The number of nitrogens with one attached hydrogen (secondary N) is 1. The van der Waals surface area contributed by atoms with Crippen LogP contribution in [-0.2, 0) is 9.53 Å². The van der Waals surface area contributed by atoms with Crippen LogP contribution >= 0.6 is 23.1 Å². The highest BCUT2D eigenvalue weighted by Crippen LogP contribution is 2.24. The van der Waals surface area contributed by atoms with Gasteiger partial charge in [0.05, 0.1) is 7.11 Å². The number of carbonyl (C=O) groups excluding carboxylic acids is 1. The second-order valence-electron chi connectivity index (χ2n) is 4.79. The van der Waals surface area contributed by atoms with Crippen molar-refractivity contribution in [2.45, 2.75) is 49.9 Å². The molecule has 20 heavy (non-hydrogen) atoms. The molecule has 1 aromatic heterocycles. The zero-order valence-corrected chi connectivity index (χ0v) is 14.2. The van der Waals surface area contributed by atoms with Crippen molar-refractivity contribution in [1.82, 2.24) is 15.5 Å². The van der Waals surface area contributed by atoms with E-state index in [1.54, 1.807) is 23.1 Å². The normalized spacial score (nSPS) is 14.0. The third-order valence-corrected chi connectivity index (χ3v) is 5.01. The Morgan fingerprint density at radius 2 is 2.25 bits per heavy atom. The van der Waals surface area contributed by atoms with Crippen LogP contribution in [0.2, 0.25) is 0 Å². The highest BCUT2D eigenvalue weighted by molar-refractivity contribution is 8.01. The third kappa shape index (κ3) is 5.38. The maximum Gasteiger partial charge on any atom is 0.325 e. The molecule has 1 atom stereocenters. The summed E-state index contributed by atoms with van der Waals surface area (Å²) in [6.07, 6.45) is 2.67. The first-order valence-electron chi connectivity index (χ1n) is 6.78. The average Bonchev–Trinajstić information content (AvgIpc) is 2.86. The first kappa shape index (κ1) is 17.4. The average molecular weight is 317 g/mol. The Bertz CT molecular complexity index is 426. The molecule has 0 radical (unpaired) electrons. The Morgan fingerprint density at radius 3 is 2.80 bits per heavy atom. The molecule has 1 unspecified atom stereocenters. The van der Waals surface area contributed by atoms with Crippen LogP contribution in [0.4, 0.5) is 0 Å². The lowest BCUT2D eigenvalue weighted by Crippen LogP contribution is -2.50. The van der Waals surface area contributed by atoms with E-state index in [0.29, 0.717) is 0 Å². The van der Waals surface area contributed by atoms with Gasteiger partial charge < -0.3 is 10.1 Å². The van der Waals surface area contributed by atoms with Crippen LogP contribution in [0.5, 0.6) is 0 Å². The van der Waals surface area contributed by atoms with Gasteiger partial charge in [0.15, 0.2) is 4.34 Å². The largest absolute Gasteiger partial charge is 0.468 e. The summed E-state index contributed by atoms with van der Waals surface area (Å²) in [5.74, 6) is 0.734. The van der Waals surface area contributed by atoms with E-state index in [-0.39, 0.29) is 5.97 Å². The van der Waals surface area contributed by atoms with Gasteiger partial charge in [-0.3, -0.25) is 4.79 Å². The van der Waals surface area contributed by atoms with E-state index in [1.807, 2.05) is 13.8 Å². The van der Waals surface area contributed by atoms with Gasteiger partial charge in [-0.2, -0.15) is 0 Å². The molecule has 0 saturated heterocycles. The molecule has 0 aliphatic rings. The molecule has 0 spiro atoms. The smallest absolute Gasteiger partial charge is 0.325 e. The van der Waals surface area contributed by atoms with Crippen molar-refractivity contribution in [1.29, 1.82) is 0 Å². The lowest BCUT2D eigenvalue weighted by molar-refractivity contribution is -0.148. The predicted octanol–water partition coefficient (Wildman–Crippen LogP) is 2.65. The lowest BCUT2D eigenvalue weighted by atomic mass is 9.96. The minimum absolute atomic E-state index is 0.192. The molecule has 1 N–H and O–H groups in total. The number of hydrogen-bond donors (Lipinski definition) is 1. The van der Waals surface area contributed by atoms with E-state index in [0.717, 1.165) is 40.9 Å². The zero-order chi connectivity index (χ0) is 15.0. The fourth-order valence-electron chi connectivity index (χ4n) is 1.81. The Labute approximate surface area is 128 Å². The monoisotopic (exact) mass is 317 g/mol. The van der Waals surface area contributed by atoms with Crippen molar-refractivity contribution in [3.05, 3.63) is 5.01 Å². The lowest BCUT2D eigenvalue weighted by Gasteiger charge is -2.27. The zero-order valence-electron chi connectivity index (χ0n) is 12.6. The molecule has 0 saturated carbocycles. The number of nitrogens with zero attached hydrogens (tertiary/aromatic N) is 2. The summed E-state index contributed by atoms with van der Waals surface area (Å²) in [6.45, 7) is 6.76. The van der Waals surface area contributed by atoms with E-state index < -0.39 is 5.54 Å². The Balaban J connectivity index is 2.39. The number of thioether (sulfide) groups is 1. The summed E-state index contributed by atoms with van der Waals surface area (Å²) < 4.78 is 5.89. The molecule has 0 aliphatic heterocycles. The standard InChI is InChI=1S/C13H23N3O2S2/c1-5-8-14-13(3,11(17)18-4)7-6-9-19-12-16-15-10(2)20-12/h14H,5-9H2,1-4H3. The van der Waals surface area contributed by atoms with Crippen molar-refractivity contribution in [3.8, 4) is 0 Å². The fourth-order valence-corrected chi connectivity index (χ4v) is 3.64. The van der Waals surface area contributed by atoms with Gasteiger partial charge in [0.2, 0.25) is 0 Å². The van der Waals surface area contributed by atoms with E-state index >= 15 is 0 Å². The number of aromatic nitrogens is 2. The molecule has 1 heterocycles. The minimum atomic E-state index is -0.595. The molecule has 114 valence electrons. The van der Waals surface area contributed by atoms with Gasteiger partial charge in [0.25, 0.3) is 0 Å². The molecule has 0 aliphatic carbocycles. The van der Waals surface area contributed by atoms with Crippen molar-refractivity contribution < 1.29 is 9.53 Å². The van der Waals surface area contributed by atoms with Crippen molar-refractivity contribution in [2.24, 2.45) is 0 Å². The van der Waals surface area contributed by atoms with E-state index in [2.05, 4.69) is 22.4 Å². The Morgan fingerprint density at radius 1 is 1.50 bits per heavy atom. The fraction of sp³-hybridized carbons (Fsp3) is 0.769. The summed E-state index contributed by atoms with van der Waals surface area (Å²) in [6, 6.07) is 0. The van der Waals surface area contributed by atoms with Crippen LogP contribution in [0, 0.1) is 6.92 Å². The van der Waals surface area contributed by atoms with E-state index in [9.17, 15) is 4.79 Å². The summed E-state index contributed by atoms with van der Waals surface area (Å²) in [5, 5.41) is 12.3. The summed E-state index contributed by atoms with van der Waals surface area (Å²) >= 11 is 3.29. The van der Waals surface area contributed by atoms with Gasteiger partial charge in [0, 0.05) is 5.75 Å². The second kappa shape index (κ2) is 8.59. The van der Waals surface area contributed by atoms with Gasteiger partial charge in [-0.25, -0.2) is 0 Å². The molecule has 1 aromatic rings. The third-order valence-electron chi connectivity index (χ3n) is 2.96. The van der Waals surface area contributed by atoms with Crippen molar-refractivity contribution >= 4 is 29.1 Å². The van der Waals surface area contributed by atoms with Gasteiger partial charge >= 0.3 is 5.97 Å². The van der Waals surface area contributed by atoms with Crippen molar-refractivity contribution in [3.63, 3.8) is 0 Å². The molecule has 5 nitrogen and oxygen atoms in total. The van der Waals surface area contributed by atoms with E-state index in [4.69, 9.17) is 4.74 Å². The molecular formula is C13H23N3O2S2. The Kier molecular flexibility index (Phi) is 7.47. The first-order valence-corrected chi connectivity index (χ1v) is 8.58. The summed E-state index contributed by atoms with van der Waals surface area (Å²) in [4.78, 5) is 11.9. The number of aryl methyl sites for hydroxylation is 1.